The molecule has 13 heteroatoms. The number of benzene rings is 1. The Labute approximate surface area is 205 Å². The van der Waals surface area contributed by atoms with Crippen molar-refractivity contribution in [2.45, 2.75) is 54.8 Å². The number of rotatable bonds is 7. The van der Waals surface area contributed by atoms with Gasteiger partial charge in [0.2, 0.25) is 6.29 Å². The molecule has 198 valence electrons. The van der Waals surface area contributed by atoms with Crippen molar-refractivity contribution in [1.82, 2.24) is 0 Å². The van der Waals surface area contributed by atoms with Crippen molar-refractivity contribution in [2.24, 2.45) is 11.8 Å². The normalized spacial score (nSPS) is 42.7. The highest BCUT2D eigenvalue weighted by atomic mass is 16.8. The Morgan fingerprint density at radius 1 is 1.08 bits per heavy atom. The molecule has 0 aromatic heterocycles. The van der Waals surface area contributed by atoms with Gasteiger partial charge in [0.15, 0.2) is 17.8 Å². The molecular formula is C23H28O13. The molecule has 3 aliphatic heterocycles. The number of phenols is 1. The largest absolute Gasteiger partial charge is 0.504 e. The first kappa shape index (κ1) is 25.2. The predicted octanol–water partition coefficient (Wildman–Crippen LogP) is -2.01. The number of methoxy groups -OCH3 is 1. The third kappa shape index (κ3) is 4.01. The number of carbonyl (C=O) groups is 1. The summed E-state index contributed by atoms with van der Waals surface area (Å²) >= 11 is 0. The van der Waals surface area contributed by atoms with Gasteiger partial charge in [0, 0.05) is 5.92 Å². The lowest BCUT2D eigenvalue weighted by Gasteiger charge is -2.43. The van der Waals surface area contributed by atoms with Crippen LogP contribution in [0.15, 0.2) is 30.5 Å². The molecule has 2 saturated heterocycles. The fourth-order valence-electron chi connectivity index (χ4n) is 5.22. The van der Waals surface area contributed by atoms with Crippen LogP contribution in [0.5, 0.6) is 11.5 Å². The Balaban J connectivity index is 1.32. The average Bonchev–Trinajstić information content (AvgIpc) is 3.57. The monoisotopic (exact) mass is 512 g/mol. The fraction of sp³-hybridized carbons (Fsp3) is 0.609. The summed E-state index contributed by atoms with van der Waals surface area (Å²) in [5, 5.41) is 60.4. The first-order chi connectivity index (χ1) is 17.2. The quantitative estimate of drug-likeness (QED) is 0.173. The summed E-state index contributed by atoms with van der Waals surface area (Å²) in [6.07, 6.45) is -7.35. The summed E-state index contributed by atoms with van der Waals surface area (Å²) in [6.45, 7) is -0.891. The maximum atomic E-state index is 12.7. The van der Waals surface area contributed by atoms with E-state index in [4.69, 9.17) is 28.4 Å². The number of phenolic OH excluding ortho intramolecular Hbond substituents is 1. The number of epoxide rings is 1. The minimum absolute atomic E-state index is 0.0957. The Morgan fingerprint density at radius 2 is 1.86 bits per heavy atom. The second kappa shape index (κ2) is 9.43. The van der Waals surface area contributed by atoms with Crippen LogP contribution in [-0.4, -0.2) is 112 Å². The second-order valence-electron chi connectivity index (χ2n) is 9.22. The maximum absolute atomic E-state index is 12.7. The minimum atomic E-state index is -1.66. The van der Waals surface area contributed by atoms with Crippen LogP contribution in [0, 0.1) is 11.8 Å². The van der Waals surface area contributed by atoms with Crippen molar-refractivity contribution < 1.29 is 63.9 Å². The summed E-state index contributed by atoms with van der Waals surface area (Å²) in [5.41, 5.74) is -1.04. The smallest absolute Gasteiger partial charge is 0.338 e. The van der Waals surface area contributed by atoms with Crippen LogP contribution in [0.2, 0.25) is 0 Å². The highest BCUT2D eigenvalue weighted by Crippen LogP contribution is 2.60. The Bertz CT molecular complexity index is 1010. The van der Waals surface area contributed by atoms with Gasteiger partial charge >= 0.3 is 5.97 Å². The van der Waals surface area contributed by atoms with Crippen LogP contribution < -0.4 is 4.74 Å². The minimum Gasteiger partial charge on any atom is -0.504 e. The Hall–Kier alpha value is -2.49. The van der Waals surface area contributed by atoms with Crippen LogP contribution in [0.25, 0.3) is 0 Å². The van der Waals surface area contributed by atoms with Crippen molar-refractivity contribution in [3.63, 3.8) is 0 Å². The zero-order chi connectivity index (χ0) is 25.8. The van der Waals surface area contributed by atoms with E-state index in [-0.39, 0.29) is 23.7 Å². The van der Waals surface area contributed by atoms with Crippen molar-refractivity contribution in [3.8, 4) is 11.5 Å². The molecule has 11 unspecified atom stereocenters. The van der Waals surface area contributed by atoms with Gasteiger partial charge in [-0.15, -0.1) is 0 Å². The number of ether oxygens (including phenoxy) is 6. The van der Waals surface area contributed by atoms with E-state index in [9.17, 15) is 35.4 Å². The van der Waals surface area contributed by atoms with Gasteiger partial charge in [-0.3, -0.25) is 0 Å². The van der Waals surface area contributed by atoms with Crippen LogP contribution in [-0.2, 0) is 23.7 Å². The molecule has 1 aromatic carbocycles. The number of aliphatic hydroxyl groups is 5. The lowest BCUT2D eigenvalue weighted by molar-refractivity contribution is -0.344. The highest BCUT2D eigenvalue weighted by molar-refractivity contribution is 5.90. The SMILES string of the molecule is COc1cc(C(=O)OCC23OC2C(O)C2C=COC(OC4OC(CO)C(O)C(O)C4O)C23)ccc1O. The molecular weight excluding hydrogens is 484 g/mol. The number of carbonyl (C=O) groups excluding carboxylic acids is 1. The number of aromatic hydroxyl groups is 1. The van der Waals surface area contributed by atoms with Gasteiger partial charge in [-0.05, 0) is 24.3 Å². The highest BCUT2D eigenvalue weighted by Gasteiger charge is 2.76. The zero-order valence-electron chi connectivity index (χ0n) is 19.1. The molecule has 13 nitrogen and oxygen atoms in total. The van der Waals surface area contributed by atoms with E-state index in [0.29, 0.717) is 0 Å². The van der Waals surface area contributed by atoms with E-state index in [1.54, 1.807) is 6.08 Å². The first-order valence-electron chi connectivity index (χ1n) is 11.4. The van der Waals surface area contributed by atoms with Gasteiger partial charge in [0.1, 0.15) is 42.7 Å². The summed E-state index contributed by atoms with van der Waals surface area (Å²) in [4.78, 5) is 12.7. The molecule has 11 atom stereocenters. The maximum Gasteiger partial charge on any atom is 0.338 e. The molecule has 3 fully saturated rings. The van der Waals surface area contributed by atoms with Crippen LogP contribution in [0.1, 0.15) is 10.4 Å². The van der Waals surface area contributed by atoms with E-state index in [1.807, 2.05) is 0 Å². The van der Waals surface area contributed by atoms with Crippen LogP contribution in [0.3, 0.4) is 0 Å². The third-order valence-corrected chi connectivity index (χ3v) is 7.22. The number of hydrogen-bond acceptors (Lipinski definition) is 13. The number of hydrogen-bond donors (Lipinski definition) is 6. The fourth-order valence-corrected chi connectivity index (χ4v) is 5.22. The Kier molecular flexibility index (Phi) is 6.59. The molecule has 6 N–H and O–H groups in total. The standard InChI is InChI=1S/C23H28O13/c1-31-12-6-9(2-3-11(12)25)20(30)33-8-23-14-10(15(26)19(23)36-23)4-5-32-21(14)35-22-18(29)17(28)16(27)13(7-24)34-22/h2-6,10,13-19,21-22,24-29H,7-8H2,1H3. The predicted molar refractivity (Wildman–Crippen MR) is 114 cm³/mol. The number of fused-ring (bicyclic) bond motifs is 3. The topological polar surface area (TPSA) is 197 Å². The molecule has 1 aromatic rings. The average molecular weight is 512 g/mol. The van der Waals surface area contributed by atoms with Gasteiger partial charge in [-0.1, -0.05) is 0 Å². The molecule has 1 aliphatic carbocycles. The molecule has 4 aliphatic rings. The van der Waals surface area contributed by atoms with E-state index < -0.39 is 79.2 Å². The molecule has 0 bridgehead atoms. The first-order valence-corrected chi connectivity index (χ1v) is 11.4. The molecule has 5 rings (SSSR count). The lowest BCUT2D eigenvalue weighted by atomic mass is 9.85. The second-order valence-corrected chi connectivity index (χ2v) is 9.22. The number of esters is 1. The van der Waals surface area contributed by atoms with Crippen molar-refractivity contribution >= 4 is 5.97 Å². The van der Waals surface area contributed by atoms with Gasteiger partial charge in [-0.25, -0.2) is 4.79 Å². The molecule has 0 radical (unpaired) electrons. The number of aliphatic hydroxyl groups excluding tert-OH is 5. The van der Waals surface area contributed by atoms with Crippen molar-refractivity contribution in [2.75, 3.05) is 20.3 Å². The third-order valence-electron chi connectivity index (χ3n) is 7.22. The summed E-state index contributed by atoms with van der Waals surface area (Å²) in [5.74, 6) is -1.96. The van der Waals surface area contributed by atoms with Gasteiger partial charge in [-0.2, -0.15) is 0 Å². The van der Waals surface area contributed by atoms with Crippen molar-refractivity contribution in [3.05, 3.63) is 36.1 Å². The summed E-state index contributed by atoms with van der Waals surface area (Å²) < 4.78 is 33.1. The van der Waals surface area contributed by atoms with Gasteiger partial charge < -0.3 is 59.1 Å². The summed E-state index contributed by atoms with van der Waals surface area (Å²) in [6, 6.07) is 3.99. The molecule has 0 spiro atoms. The Morgan fingerprint density at radius 3 is 2.58 bits per heavy atom. The van der Waals surface area contributed by atoms with Gasteiger partial charge in [0.25, 0.3) is 0 Å². The zero-order valence-corrected chi connectivity index (χ0v) is 19.1. The van der Waals surface area contributed by atoms with Crippen molar-refractivity contribution in [1.29, 1.82) is 0 Å². The van der Waals surface area contributed by atoms with Gasteiger partial charge in [0.05, 0.1) is 37.6 Å². The van der Waals surface area contributed by atoms with Crippen LogP contribution in [0.4, 0.5) is 0 Å². The lowest BCUT2D eigenvalue weighted by Crippen LogP contribution is -2.60. The van der Waals surface area contributed by atoms with E-state index in [0.717, 1.165) is 0 Å². The molecule has 3 heterocycles. The van der Waals surface area contributed by atoms with E-state index >= 15 is 0 Å². The molecule has 0 amide bonds. The molecule has 1 saturated carbocycles. The summed E-state index contributed by atoms with van der Waals surface area (Å²) in [7, 11) is 1.35. The van der Waals surface area contributed by atoms with E-state index in [1.165, 1.54) is 31.6 Å². The van der Waals surface area contributed by atoms with E-state index in [2.05, 4.69) is 0 Å². The van der Waals surface area contributed by atoms with Crippen LogP contribution >= 0.6 is 0 Å². The molecule has 36 heavy (non-hydrogen) atoms.